The Balaban J connectivity index is 2.60. The molecule has 0 radical (unpaired) electrons. The largest absolute Gasteiger partial charge is 0.493 e. The van der Waals surface area contributed by atoms with Crippen molar-refractivity contribution in [2.75, 3.05) is 7.11 Å². The smallest absolute Gasteiger partial charge is 0.314 e. The second kappa shape index (κ2) is 5.37. The molecule has 0 spiro atoms. The number of rotatable bonds is 3. The van der Waals surface area contributed by atoms with Gasteiger partial charge in [0.25, 0.3) is 0 Å². The summed E-state index contributed by atoms with van der Waals surface area (Å²) < 4.78 is 19.1. The summed E-state index contributed by atoms with van der Waals surface area (Å²) in [7, 11) is 1.33. The molecule has 104 valence electrons. The first-order valence-corrected chi connectivity index (χ1v) is 6.66. The topological polar surface area (TPSA) is 46.5 Å². The van der Waals surface area contributed by atoms with Gasteiger partial charge in [-0.05, 0) is 18.9 Å². The van der Waals surface area contributed by atoms with Crippen LogP contribution in [-0.2, 0) is 10.2 Å². The fraction of sp³-hybridized carbons (Fsp3) is 0.500. The van der Waals surface area contributed by atoms with Crippen LogP contribution in [0.1, 0.15) is 37.7 Å². The molecule has 1 saturated carbocycles. The summed E-state index contributed by atoms with van der Waals surface area (Å²) in [4.78, 5) is 11.7. The zero-order valence-electron chi connectivity index (χ0n) is 10.7. The molecule has 0 bridgehead atoms. The molecule has 2 rings (SSSR count). The molecule has 0 atom stereocenters. The van der Waals surface area contributed by atoms with Crippen molar-refractivity contribution in [3.63, 3.8) is 0 Å². The predicted octanol–water partition coefficient (Wildman–Crippen LogP) is 3.77. The monoisotopic (exact) mass is 286 g/mol. The Kier molecular flexibility index (Phi) is 3.99. The van der Waals surface area contributed by atoms with Crippen LogP contribution in [0, 0.1) is 5.82 Å². The Hall–Kier alpha value is -1.29. The maximum Gasteiger partial charge on any atom is 0.314 e. The average molecular weight is 287 g/mol. The van der Waals surface area contributed by atoms with Crippen LogP contribution in [0.15, 0.2) is 12.1 Å². The Morgan fingerprint density at radius 2 is 2.00 bits per heavy atom. The molecule has 1 N–H and O–H groups in total. The number of carbonyl (C=O) groups is 1. The first-order chi connectivity index (χ1) is 9.03. The first kappa shape index (κ1) is 14.1. The lowest BCUT2D eigenvalue weighted by atomic mass is 9.69. The maximum atomic E-state index is 14.0. The van der Waals surface area contributed by atoms with Gasteiger partial charge in [0.2, 0.25) is 0 Å². The van der Waals surface area contributed by atoms with Gasteiger partial charge in [0.05, 0.1) is 17.5 Å². The molecule has 19 heavy (non-hydrogen) atoms. The van der Waals surface area contributed by atoms with Crippen molar-refractivity contribution in [3.05, 3.63) is 28.5 Å². The van der Waals surface area contributed by atoms with Gasteiger partial charge in [-0.3, -0.25) is 4.79 Å². The Labute approximate surface area is 116 Å². The van der Waals surface area contributed by atoms with Gasteiger partial charge in [-0.2, -0.15) is 0 Å². The van der Waals surface area contributed by atoms with Crippen LogP contribution in [0.3, 0.4) is 0 Å². The summed E-state index contributed by atoms with van der Waals surface area (Å²) in [6.07, 6.45) is 3.65. The van der Waals surface area contributed by atoms with E-state index in [1.54, 1.807) is 6.07 Å². The normalized spacial score (nSPS) is 18.1. The highest BCUT2D eigenvalue weighted by Crippen LogP contribution is 2.45. The van der Waals surface area contributed by atoms with E-state index in [1.807, 2.05) is 0 Å². The second-order valence-corrected chi connectivity index (χ2v) is 5.30. The van der Waals surface area contributed by atoms with E-state index in [9.17, 15) is 14.3 Å². The molecular weight excluding hydrogens is 271 g/mol. The lowest BCUT2D eigenvalue weighted by Crippen LogP contribution is -2.38. The van der Waals surface area contributed by atoms with Gasteiger partial charge in [-0.1, -0.05) is 36.9 Å². The molecule has 0 amide bonds. The SMILES string of the molecule is COc1c(C2(C(=O)O)CCCCC2)ccc(Cl)c1F. The Morgan fingerprint density at radius 3 is 2.53 bits per heavy atom. The number of carboxylic acid groups (broad SMARTS) is 1. The molecule has 0 saturated heterocycles. The van der Waals surface area contributed by atoms with Crippen molar-refractivity contribution in [1.29, 1.82) is 0 Å². The lowest BCUT2D eigenvalue weighted by molar-refractivity contribution is -0.145. The number of benzene rings is 1. The zero-order chi connectivity index (χ0) is 14.0. The van der Waals surface area contributed by atoms with Crippen LogP contribution in [0.5, 0.6) is 5.75 Å². The van der Waals surface area contributed by atoms with E-state index in [1.165, 1.54) is 13.2 Å². The van der Waals surface area contributed by atoms with Crippen molar-refractivity contribution >= 4 is 17.6 Å². The predicted molar refractivity (Wildman–Crippen MR) is 70.4 cm³/mol. The third-order valence-electron chi connectivity index (χ3n) is 3.89. The number of hydrogen-bond acceptors (Lipinski definition) is 2. The molecule has 1 aromatic carbocycles. The summed E-state index contributed by atoms with van der Waals surface area (Å²) in [5, 5.41) is 9.55. The summed E-state index contributed by atoms with van der Waals surface area (Å²) in [5.41, 5.74) is -0.668. The van der Waals surface area contributed by atoms with Crippen LogP contribution < -0.4 is 4.74 Å². The third-order valence-corrected chi connectivity index (χ3v) is 4.18. The van der Waals surface area contributed by atoms with Crippen LogP contribution in [0.2, 0.25) is 5.02 Å². The van der Waals surface area contributed by atoms with E-state index < -0.39 is 17.2 Å². The van der Waals surface area contributed by atoms with Crippen molar-refractivity contribution in [3.8, 4) is 5.75 Å². The van der Waals surface area contributed by atoms with Crippen molar-refractivity contribution in [2.45, 2.75) is 37.5 Å². The first-order valence-electron chi connectivity index (χ1n) is 6.29. The highest BCUT2D eigenvalue weighted by atomic mass is 35.5. The van der Waals surface area contributed by atoms with Crippen molar-refractivity contribution in [2.24, 2.45) is 0 Å². The number of halogens is 2. The molecule has 0 aromatic heterocycles. The Bertz CT molecular complexity index is 496. The van der Waals surface area contributed by atoms with Gasteiger partial charge in [0, 0.05) is 5.56 Å². The number of methoxy groups -OCH3 is 1. The molecule has 0 heterocycles. The highest BCUT2D eigenvalue weighted by molar-refractivity contribution is 6.30. The van der Waals surface area contributed by atoms with Gasteiger partial charge in [0.15, 0.2) is 11.6 Å². The summed E-state index contributed by atoms with van der Waals surface area (Å²) in [6.45, 7) is 0. The van der Waals surface area contributed by atoms with Crippen molar-refractivity contribution in [1.82, 2.24) is 0 Å². The fourth-order valence-corrected chi connectivity index (χ4v) is 3.01. The summed E-state index contributed by atoms with van der Waals surface area (Å²) in [6, 6.07) is 2.97. The van der Waals surface area contributed by atoms with Crippen LogP contribution in [0.25, 0.3) is 0 Å². The van der Waals surface area contributed by atoms with E-state index in [0.717, 1.165) is 19.3 Å². The van der Waals surface area contributed by atoms with Gasteiger partial charge in [-0.15, -0.1) is 0 Å². The molecule has 1 aliphatic rings. The minimum Gasteiger partial charge on any atom is -0.493 e. The standard InChI is InChI=1S/C14H16ClFO3/c1-19-12-9(5-6-10(15)11(12)16)14(13(17)18)7-3-2-4-8-14/h5-6H,2-4,7-8H2,1H3,(H,17,18). The molecule has 0 aliphatic heterocycles. The van der Waals surface area contributed by atoms with E-state index >= 15 is 0 Å². The van der Waals surface area contributed by atoms with E-state index in [0.29, 0.717) is 18.4 Å². The van der Waals surface area contributed by atoms with Crippen LogP contribution in [0.4, 0.5) is 4.39 Å². The van der Waals surface area contributed by atoms with Gasteiger partial charge < -0.3 is 9.84 Å². The Morgan fingerprint density at radius 1 is 1.37 bits per heavy atom. The maximum absolute atomic E-state index is 14.0. The molecular formula is C14H16ClFO3. The van der Waals surface area contributed by atoms with Crippen molar-refractivity contribution < 1.29 is 19.0 Å². The number of ether oxygens (including phenoxy) is 1. The number of carboxylic acids is 1. The molecule has 1 aromatic rings. The minimum atomic E-state index is -1.06. The third kappa shape index (κ3) is 2.29. The summed E-state index contributed by atoms with van der Waals surface area (Å²) in [5.74, 6) is -1.66. The van der Waals surface area contributed by atoms with E-state index in [4.69, 9.17) is 16.3 Å². The molecule has 0 unspecified atom stereocenters. The molecule has 1 fully saturated rings. The minimum absolute atomic E-state index is 0.0446. The number of hydrogen-bond donors (Lipinski definition) is 1. The average Bonchev–Trinajstić information content (AvgIpc) is 2.42. The quantitative estimate of drug-likeness (QED) is 0.920. The molecule has 1 aliphatic carbocycles. The molecule has 5 heteroatoms. The van der Waals surface area contributed by atoms with E-state index in [2.05, 4.69) is 0 Å². The van der Waals surface area contributed by atoms with Crippen LogP contribution >= 0.6 is 11.6 Å². The lowest BCUT2D eigenvalue weighted by Gasteiger charge is -2.34. The zero-order valence-corrected chi connectivity index (χ0v) is 11.5. The fourth-order valence-electron chi connectivity index (χ4n) is 2.86. The van der Waals surface area contributed by atoms with Gasteiger partial charge >= 0.3 is 5.97 Å². The van der Waals surface area contributed by atoms with Crippen LogP contribution in [-0.4, -0.2) is 18.2 Å². The molecule has 3 nitrogen and oxygen atoms in total. The summed E-state index contributed by atoms with van der Waals surface area (Å²) >= 11 is 5.73. The van der Waals surface area contributed by atoms with Gasteiger partial charge in [-0.25, -0.2) is 4.39 Å². The number of aliphatic carboxylic acids is 1. The van der Waals surface area contributed by atoms with E-state index in [-0.39, 0.29) is 10.8 Å². The van der Waals surface area contributed by atoms with Gasteiger partial charge in [0.1, 0.15) is 0 Å². The second-order valence-electron chi connectivity index (χ2n) is 4.89. The highest BCUT2D eigenvalue weighted by Gasteiger charge is 2.44.